The van der Waals surface area contributed by atoms with Crippen LogP contribution in [0.4, 0.5) is 5.69 Å². The molecule has 2 N–H and O–H groups in total. The molecule has 0 radical (unpaired) electrons. The van der Waals surface area contributed by atoms with Crippen LogP contribution in [0.3, 0.4) is 0 Å². The summed E-state index contributed by atoms with van der Waals surface area (Å²) in [5, 5.41) is 6.58. The van der Waals surface area contributed by atoms with Crippen molar-refractivity contribution < 1.29 is 4.79 Å². The van der Waals surface area contributed by atoms with Crippen molar-refractivity contribution in [1.82, 2.24) is 5.32 Å². The van der Waals surface area contributed by atoms with Crippen LogP contribution in [0.2, 0.25) is 5.02 Å². The van der Waals surface area contributed by atoms with Crippen molar-refractivity contribution in [2.75, 3.05) is 18.4 Å². The molecule has 0 aliphatic heterocycles. The van der Waals surface area contributed by atoms with E-state index in [2.05, 4.69) is 10.6 Å². The average molecular weight is 241 g/mol. The van der Waals surface area contributed by atoms with Gasteiger partial charge in [0.2, 0.25) is 5.91 Å². The first-order valence-corrected chi connectivity index (χ1v) is 5.78. The number of rotatable bonds is 5. The third kappa shape index (κ3) is 3.74. The Bertz CT molecular complexity index is 366. The Morgan fingerprint density at radius 1 is 1.44 bits per heavy atom. The summed E-state index contributed by atoms with van der Waals surface area (Å²) in [5.74, 6) is 0.00113. The first kappa shape index (κ1) is 12.8. The molecule has 0 atom stereocenters. The monoisotopic (exact) mass is 240 g/mol. The van der Waals surface area contributed by atoms with Gasteiger partial charge in [-0.2, -0.15) is 0 Å². The van der Waals surface area contributed by atoms with Gasteiger partial charge in [-0.1, -0.05) is 24.6 Å². The lowest BCUT2D eigenvalue weighted by Gasteiger charge is -2.10. The van der Waals surface area contributed by atoms with Gasteiger partial charge in [-0.3, -0.25) is 4.79 Å². The molecule has 88 valence electrons. The second kappa shape index (κ2) is 6.38. The lowest BCUT2D eigenvalue weighted by atomic mass is 10.2. The molecule has 0 heterocycles. The van der Waals surface area contributed by atoms with Crippen molar-refractivity contribution in [3.05, 3.63) is 28.8 Å². The fourth-order valence-corrected chi connectivity index (χ4v) is 1.48. The predicted octanol–water partition coefficient (Wildman–Crippen LogP) is 2.59. The Labute approximate surface area is 101 Å². The first-order chi connectivity index (χ1) is 7.65. The van der Waals surface area contributed by atoms with Gasteiger partial charge in [0, 0.05) is 17.3 Å². The van der Waals surface area contributed by atoms with Gasteiger partial charge < -0.3 is 10.6 Å². The predicted molar refractivity (Wildman–Crippen MR) is 68.0 cm³/mol. The number of anilines is 1. The van der Waals surface area contributed by atoms with Gasteiger partial charge in [-0.05, 0) is 31.0 Å². The van der Waals surface area contributed by atoms with E-state index >= 15 is 0 Å². The van der Waals surface area contributed by atoms with Crippen molar-refractivity contribution in [3.8, 4) is 0 Å². The summed E-state index contributed by atoms with van der Waals surface area (Å²) in [4.78, 5) is 11.4. The number of benzene rings is 1. The normalized spacial score (nSPS) is 9.94. The summed E-state index contributed by atoms with van der Waals surface area (Å²) >= 11 is 5.97. The molecule has 1 rings (SSSR count). The van der Waals surface area contributed by atoms with Gasteiger partial charge in [-0.15, -0.1) is 0 Å². The number of hydrogen-bond donors (Lipinski definition) is 2. The second-order valence-electron chi connectivity index (χ2n) is 3.62. The summed E-state index contributed by atoms with van der Waals surface area (Å²) in [5.41, 5.74) is 1.87. The molecule has 1 amide bonds. The zero-order valence-electron chi connectivity index (χ0n) is 9.64. The topological polar surface area (TPSA) is 41.1 Å². The smallest absolute Gasteiger partial charge is 0.239 e. The number of carbonyl (C=O) groups is 1. The maximum Gasteiger partial charge on any atom is 0.239 e. The zero-order valence-corrected chi connectivity index (χ0v) is 10.4. The standard InChI is InChI=1S/C12H17ClN2O/c1-3-7-14-12(16)8-15-11-6-4-5-10(13)9(11)2/h4-6,15H,3,7-8H2,1-2H3,(H,14,16). The first-order valence-electron chi connectivity index (χ1n) is 5.40. The largest absolute Gasteiger partial charge is 0.376 e. The third-order valence-corrected chi connectivity index (χ3v) is 2.69. The van der Waals surface area contributed by atoms with Crippen LogP contribution in [-0.4, -0.2) is 19.0 Å². The fourth-order valence-electron chi connectivity index (χ4n) is 1.30. The fraction of sp³-hybridized carbons (Fsp3) is 0.417. The molecule has 4 heteroatoms. The quantitative estimate of drug-likeness (QED) is 0.831. The molecule has 0 saturated heterocycles. The molecule has 0 aromatic heterocycles. The molecule has 0 aliphatic carbocycles. The number of carbonyl (C=O) groups excluding carboxylic acids is 1. The second-order valence-corrected chi connectivity index (χ2v) is 4.02. The Morgan fingerprint density at radius 3 is 2.88 bits per heavy atom. The van der Waals surface area contributed by atoms with Gasteiger partial charge in [0.15, 0.2) is 0 Å². The van der Waals surface area contributed by atoms with E-state index in [-0.39, 0.29) is 12.5 Å². The van der Waals surface area contributed by atoms with Crippen LogP contribution in [0.15, 0.2) is 18.2 Å². The van der Waals surface area contributed by atoms with Gasteiger partial charge >= 0.3 is 0 Å². The minimum Gasteiger partial charge on any atom is -0.376 e. The van der Waals surface area contributed by atoms with E-state index < -0.39 is 0 Å². The number of nitrogens with one attached hydrogen (secondary N) is 2. The van der Waals surface area contributed by atoms with E-state index in [9.17, 15) is 4.79 Å². The molecule has 16 heavy (non-hydrogen) atoms. The van der Waals surface area contributed by atoms with E-state index in [1.807, 2.05) is 32.0 Å². The molecule has 3 nitrogen and oxygen atoms in total. The summed E-state index contributed by atoms with van der Waals surface area (Å²) in [6, 6.07) is 5.61. The van der Waals surface area contributed by atoms with Crippen LogP contribution >= 0.6 is 11.6 Å². The van der Waals surface area contributed by atoms with Crippen LogP contribution in [-0.2, 0) is 4.79 Å². The molecule has 0 unspecified atom stereocenters. The van der Waals surface area contributed by atoms with Crippen LogP contribution in [0.1, 0.15) is 18.9 Å². The highest BCUT2D eigenvalue weighted by molar-refractivity contribution is 6.31. The highest BCUT2D eigenvalue weighted by atomic mass is 35.5. The van der Waals surface area contributed by atoms with Crippen molar-refractivity contribution in [3.63, 3.8) is 0 Å². The Hall–Kier alpha value is -1.22. The van der Waals surface area contributed by atoms with Gasteiger partial charge in [0.05, 0.1) is 6.54 Å². The summed E-state index contributed by atoms with van der Waals surface area (Å²) < 4.78 is 0. The van der Waals surface area contributed by atoms with Crippen LogP contribution in [0.25, 0.3) is 0 Å². The third-order valence-electron chi connectivity index (χ3n) is 2.28. The molecule has 1 aromatic rings. The van der Waals surface area contributed by atoms with Crippen molar-refractivity contribution in [1.29, 1.82) is 0 Å². The molecule has 0 spiro atoms. The molecule has 0 fully saturated rings. The number of halogens is 1. The number of hydrogen-bond acceptors (Lipinski definition) is 2. The Morgan fingerprint density at radius 2 is 2.19 bits per heavy atom. The minimum atomic E-state index is 0.00113. The molecular formula is C12H17ClN2O. The number of amides is 1. The highest BCUT2D eigenvalue weighted by Crippen LogP contribution is 2.22. The highest BCUT2D eigenvalue weighted by Gasteiger charge is 2.03. The molecular weight excluding hydrogens is 224 g/mol. The SMILES string of the molecule is CCCNC(=O)CNc1cccc(Cl)c1C. The van der Waals surface area contributed by atoms with Crippen LogP contribution in [0, 0.1) is 6.92 Å². The molecule has 0 saturated carbocycles. The van der Waals surface area contributed by atoms with E-state index in [1.165, 1.54) is 0 Å². The Kier molecular flexibility index (Phi) is 5.12. The zero-order chi connectivity index (χ0) is 12.0. The lowest BCUT2D eigenvalue weighted by Crippen LogP contribution is -2.30. The molecule has 1 aromatic carbocycles. The van der Waals surface area contributed by atoms with Crippen LogP contribution in [0.5, 0.6) is 0 Å². The maximum absolute atomic E-state index is 11.4. The summed E-state index contributed by atoms with van der Waals surface area (Å²) in [6.07, 6.45) is 0.946. The average Bonchev–Trinajstić information content (AvgIpc) is 2.28. The molecule has 0 bridgehead atoms. The molecule has 0 aliphatic rings. The van der Waals surface area contributed by atoms with Gasteiger partial charge in [0.1, 0.15) is 0 Å². The van der Waals surface area contributed by atoms with Crippen LogP contribution < -0.4 is 10.6 Å². The summed E-state index contributed by atoms with van der Waals surface area (Å²) in [7, 11) is 0. The van der Waals surface area contributed by atoms with Crippen molar-refractivity contribution in [2.45, 2.75) is 20.3 Å². The maximum atomic E-state index is 11.4. The summed E-state index contributed by atoms with van der Waals surface area (Å²) in [6.45, 7) is 4.94. The van der Waals surface area contributed by atoms with Crippen molar-refractivity contribution >= 4 is 23.2 Å². The van der Waals surface area contributed by atoms with Gasteiger partial charge in [0.25, 0.3) is 0 Å². The van der Waals surface area contributed by atoms with Gasteiger partial charge in [-0.25, -0.2) is 0 Å². The van der Waals surface area contributed by atoms with Crippen molar-refractivity contribution in [2.24, 2.45) is 0 Å². The van der Waals surface area contributed by atoms with E-state index in [0.29, 0.717) is 5.02 Å². The Balaban J connectivity index is 2.48. The minimum absolute atomic E-state index is 0.00113. The van der Waals surface area contributed by atoms with E-state index in [0.717, 1.165) is 24.2 Å². The lowest BCUT2D eigenvalue weighted by molar-refractivity contribution is -0.119. The van der Waals surface area contributed by atoms with E-state index in [1.54, 1.807) is 0 Å². The van der Waals surface area contributed by atoms with E-state index in [4.69, 9.17) is 11.6 Å².